The third kappa shape index (κ3) is 7.06. The molecule has 0 aromatic heterocycles. The molecule has 2 heterocycles. The summed E-state index contributed by atoms with van der Waals surface area (Å²) in [7, 11) is 3.13. The molecule has 1 aromatic rings. The first-order chi connectivity index (χ1) is 15.0. The highest BCUT2D eigenvalue weighted by atomic mass is 127. The first kappa shape index (κ1) is 26.4. The van der Waals surface area contributed by atoms with Gasteiger partial charge in [-0.15, -0.1) is 24.0 Å². The average Bonchev–Trinajstić information content (AvgIpc) is 3.31. The quantitative estimate of drug-likeness (QED) is 0.310. The number of ether oxygens (including phenoxy) is 3. The third-order valence-electron chi connectivity index (χ3n) is 5.45. The van der Waals surface area contributed by atoms with Crippen LogP contribution in [-0.4, -0.2) is 87.9 Å². The van der Waals surface area contributed by atoms with Crippen molar-refractivity contribution < 1.29 is 27.8 Å². The number of benzene rings is 1. The second kappa shape index (κ2) is 13.0. The van der Waals surface area contributed by atoms with Crippen molar-refractivity contribution in [3.8, 4) is 11.5 Å². The molecule has 0 saturated carbocycles. The van der Waals surface area contributed by atoms with Gasteiger partial charge in [-0.05, 0) is 37.0 Å². The molecule has 32 heavy (non-hydrogen) atoms. The zero-order chi connectivity index (χ0) is 22.2. The predicted octanol–water partition coefficient (Wildman–Crippen LogP) is 2.36. The Kier molecular flexibility index (Phi) is 10.7. The Hall–Kier alpha value is -1.89. The predicted molar refractivity (Wildman–Crippen MR) is 127 cm³/mol. The summed E-state index contributed by atoms with van der Waals surface area (Å²) in [6.07, 6.45) is 2.06. The van der Waals surface area contributed by atoms with E-state index in [4.69, 9.17) is 9.47 Å². The van der Waals surface area contributed by atoms with Crippen molar-refractivity contribution in [2.45, 2.75) is 32.0 Å². The summed E-state index contributed by atoms with van der Waals surface area (Å²) in [4.78, 5) is 20.8. The Morgan fingerprint density at radius 2 is 1.97 bits per heavy atom. The fourth-order valence-electron chi connectivity index (χ4n) is 3.83. The van der Waals surface area contributed by atoms with Crippen molar-refractivity contribution in [1.29, 1.82) is 0 Å². The Morgan fingerprint density at radius 3 is 2.56 bits per heavy atom. The second-order valence-electron chi connectivity index (χ2n) is 7.40. The number of alkyl halides is 2. The van der Waals surface area contributed by atoms with Crippen LogP contribution in [0, 0.1) is 0 Å². The molecule has 11 heteroatoms. The number of rotatable bonds is 7. The molecule has 3 rings (SSSR count). The number of hydrogen-bond acceptors (Lipinski definition) is 5. The summed E-state index contributed by atoms with van der Waals surface area (Å²) >= 11 is 0. The highest BCUT2D eigenvalue weighted by molar-refractivity contribution is 14.0. The molecule has 0 spiro atoms. The van der Waals surface area contributed by atoms with Crippen LogP contribution in [0.2, 0.25) is 0 Å². The van der Waals surface area contributed by atoms with Gasteiger partial charge in [0.2, 0.25) is 0 Å². The second-order valence-corrected chi connectivity index (χ2v) is 7.40. The van der Waals surface area contributed by atoms with Crippen LogP contribution in [0.3, 0.4) is 0 Å². The highest BCUT2D eigenvalue weighted by Gasteiger charge is 2.30. The maximum atomic E-state index is 12.6. The fraction of sp³-hybridized carbons (Fsp3) is 0.619. The largest absolute Gasteiger partial charge is 0.493 e. The molecule has 1 unspecified atom stereocenters. The minimum Gasteiger partial charge on any atom is -0.493 e. The van der Waals surface area contributed by atoms with Gasteiger partial charge in [-0.2, -0.15) is 8.78 Å². The zero-order valence-corrected chi connectivity index (χ0v) is 20.7. The number of piperazine rings is 1. The first-order valence-electron chi connectivity index (χ1n) is 10.5. The molecule has 2 saturated heterocycles. The molecular formula is C21H31F2IN4O4. The topological polar surface area (TPSA) is 75.6 Å². The maximum absolute atomic E-state index is 12.6. The first-order valence-corrected chi connectivity index (χ1v) is 10.5. The van der Waals surface area contributed by atoms with Gasteiger partial charge in [0.25, 0.3) is 5.91 Å². The normalized spacial score (nSPS) is 19.0. The van der Waals surface area contributed by atoms with Gasteiger partial charge in [-0.1, -0.05) is 6.07 Å². The molecule has 0 radical (unpaired) electrons. The monoisotopic (exact) mass is 568 g/mol. The van der Waals surface area contributed by atoms with Crippen LogP contribution < -0.4 is 14.8 Å². The van der Waals surface area contributed by atoms with E-state index in [9.17, 15) is 13.6 Å². The van der Waals surface area contributed by atoms with Gasteiger partial charge in [-0.25, -0.2) is 0 Å². The van der Waals surface area contributed by atoms with E-state index in [0.717, 1.165) is 24.4 Å². The van der Waals surface area contributed by atoms with Gasteiger partial charge in [0.05, 0.1) is 7.11 Å². The van der Waals surface area contributed by atoms with Crippen molar-refractivity contribution in [3.05, 3.63) is 23.8 Å². The molecule has 2 aliphatic heterocycles. The van der Waals surface area contributed by atoms with Crippen molar-refractivity contribution >= 4 is 35.8 Å². The molecule has 180 valence electrons. The van der Waals surface area contributed by atoms with E-state index in [0.29, 0.717) is 45.8 Å². The van der Waals surface area contributed by atoms with E-state index >= 15 is 0 Å². The van der Waals surface area contributed by atoms with Crippen LogP contribution in [0.15, 0.2) is 23.2 Å². The SMILES string of the molecule is CN=C(NCCc1ccc(OC)c(OC(F)F)c1)N1CCN(C(=O)C2CCCO2)CC1.I. The average molecular weight is 568 g/mol. The Labute approximate surface area is 204 Å². The lowest BCUT2D eigenvalue weighted by molar-refractivity contribution is -0.142. The van der Waals surface area contributed by atoms with Gasteiger partial charge in [0, 0.05) is 46.4 Å². The number of methoxy groups -OCH3 is 1. The number of carbonyl (C=O) groups excluding carboxylic acids is 1. The van der Waals surface area contributed by atoms with Gasteiger partial charge < -0.3 is 29.3 Å². The molecule has 1 N–H and O–H groups in total. The van der Waals surface area contributed by atoms with E-state index in [-0.39, 0.29) is 47.5 Å². The van der Waals surface area contributed by atoms with Gasteiger partial charge in [0.1, 0.15) is 6.10 Å². The number of aliphatic imine (C=N–C) groups is 1. The van der Waals surface area contributed by atoms with Crippen LogP contribution in [-0.2, 0) is 16.0 Å². The summed E-state index contributed by atoms with van der Waals surface area (Å²) in [6.45, 7) is 0.962. The van der Waals surface area contributed by atoms with Gasteiger partial charge in [-0.3, -0.25) is 9.79 Å². The van der Waals surface area contributed by atoms with E-state index in [1.54, 1.807) is 19.2 Å². The summed E-state index contributed by atoms with van der Waals surface area (Å²) < 4.78 is 40.3. The number of hydrogen-bond donors (Lipinski definition) is 1. The smallest absolute Gasteiger partial charge is 0.387 e. The standard InChI is InChI=1S/C21H30F2N4O4.HI/c1-24-21(27-11-9-26(10-12-27)19(28)17-4-3-13-30-17)25-8-7-15-5-6-16(29-2)18(14-15)31-20(22)23;/h5-6,14,17,20H,3-4,7-13H2,1-2H3,(H,24,25);1H. The fourth-order valence-corrected chi connectivity index (χ4v) is 3.83. The third-order valence-corrected chi connectivity index (χ3v) is 5.45. The molecule has 2 fully saturated rings. The van der Waals surface area contributed by atoms with Crippen molar-refractivity contribution in [3.63, 3.8) is 0 Å². The molecular weight excluding hydrogens is 537 g/mol. The molecule has 1 aromatic carbocycles. The minimum atomic E-state index is -2.91. The van der Waals surface area contributed by atoms with Gasteiger partial charge in [0.15, 0.2) is 17.5 Å². The van der Waals surface area contributed by atoms with E-state index in [2.05, 4.69) is 19.9 Å². The number of carbonyl (C=O) groups is 1. The molecule has 1 atom stereocenters. The number of halogens is 3. The van der Waals surface area contributed by atoms with Crippen LogP contribution in [0.25, 0.3) is 0 Å². The van der Waals surface area contributed by atoms with E-state index in [1.165, 1.54) is 7.11 Å². The summed E-state index contributed by atoms with van der Waals surface area (Å²) in [6, 6.07) is 4.99. The molecule has 1 amide bonds. The van der Waals surface area contributed by atoms with E-state index in [1.807, 2.05) is 11.0 Å². The maximum Gasteiger partial charge on any atom is 0.387 e. The lowest BCUT2D eigenvalue weighted by Gasteiger charge is -2.37. The van der Waals surface area contributed by atoms with Crippen molar-refractivity contribution in [2.75, 3.05) is 53.5 Å². The summed E-state index contributed by atoms with van der Waals surface area (Å²) in [5, 5.41) is 3.30. The van der Waals surface area contributed by atoms with Crippen LogP contribution in [0.4, 0.5) is 8.78 Å². The molecule has 0 bridgehead atoms. The summed E-state index contributed by atoms with van der Waals surface area (Å²) in [5.74, 6) is 1.12. The number of guanidine groups is 1. The highest BCUT2D eigenvalue weighted by Crippen LogP contribution is 2.29. The molecule has 8 nitrogen and oxygen atoms in total. The lowest BCUT2D eigenvalue weighted by atomic mass is 10.1. The minimum absolute atomic E-state index is 0. The molecule has 0 aliphatic carbocycles. The Morgan fingerprint density at radius 1 is 1.25 bits per heavy atom. The van der Waals surface area contributed by atoms with E-state index < -0.39 is 6.61 Å². The molecule has 2 aliphatic rings. The number of amides is 1. The Balaban J connectivity index is 0.00000363. The van der Waals surface area contributed by atoms with Crippen molar-refractivity contribution in [1.82, 2.24) is 15.1 Å². The van der Waals surface area contributed by atoms with Crippen molar-refractivity contribution in [2.24, 2.45) is 4.99 Å². The van der Waals surface area contributed by atoms with Crippen LogP contribution in [0.5, 0.6) is 11.5 Å². The number of nitrogens with one attached hydrogen (secondary N) is 1. The number of nitrogens with zero attached hydrogens (tertiary/aromatic N) is 3. The summed E-state index contributed by atoms with van der Waals surface area (Å²) in [5.41, 5.74) is 0.839. The van der Waals surface area contributed by atoms with Gasteiger partial charge >= 0.3 is 6.61 Å². The van der Waals surface area contributed by atoms with Crippen LogP contribution >= 0.6 is 24.0 Å². The van der Waals surface area contributed by atoms with Crippen LogP contribution in [0.1, 0.15) is 18.4 Å². The lowest BCUT2D eigenvalue weighted by Crippen LogP contribution is -2.55. The zero-order valence-electron chi connectivity index (χ0n) is 18.4. The Bertz CT molecular complexity index is 770.